The molecule has 1 unspecified atom stereocenters. The highest BCUT2D eigenvalue weighted by Crippen LogP contribution is 2.42. The molecule has 17 heavy (non-hydrogen) atoms. The summed E-state index contributed by atoms with van der Waals surface area (Å²) < 4.78 is 0. The summed E-state index contributed by atoms with van der Waals surface area (Å²) in [5.41, 5.74) is 2.38. The molecule has 1 aromatic rings. The highest BCUT2D eigenvalue weighted by molar-refractivity contribution is 7.16. The van der Waals surface area contributed by atoms with Gasteiger partial charge in [0.2, 0.25) is 0 Å². The minimum Gasteiger partial charge on any atom is -0.356 e. The van der Waals surface area contributed by atoms with Gasteiger partial charge in [0.25, 0.3) is 5.91 Å². The molecular formula is C13H16N2OS. The summed E-state index contributed by atoms with van der Waals surface area (Å²) in [7, 11) is 0. The van der Waals surface area contributed by atoms with Gasteiger partial charge in [0.15, 0.2) is 0 Å². The fraction of sp³-hybridized carbons (Fsp3) is 0.615. The van der Waals surface area contributed by atoms with E-state index in [0.29, 0.717) is 5.91 Å². The molecule has 1 aliphatic carbocycles. The molecule has 1 N–H and O–H groups in total. The van der Waals surface area contributed by atoms with E-state index in [9.17, 15) is 4.79 Å². The van der Waals surface area contributed by atoms with Crippen LogP contribution in [0.1, 0.15) is 46.5 Å². The van der Waals surface area contributed by atoms with E-state index in [2.05, 4.69) is 5.32 Å². The van der Waals surface area contributed by atoms with Crippen molar-refractivity contribution in [3.05, 3.63) is 16.0 Å². The zero-order chi connectivity index (χ0) is 11.4. The van der Waals surface area contributed by atoms with Gasteiger partial charge >= 0.3 is 0 Å². The number of aryl methyl sites for hydroxylation is 1. The summed E-state index contributed by atoms with van der Waals surface area (Å²) in [6.45, 7) is 0.931. The Morgan fingerprint density at radius 1 is 1.24 bits per heavy atom. The number of rotatable bonds is 0. The number of carbonyl (C=O) groups excluding carboxylic acids is 1. The second-order valence-electron chi connectivity index (χ2n) is 5.22. The first-order valence-corrected chi connectivity index (χ1v) is 7.38. The number of fused-ring (bicyclic) bond motifs is 4. The summed E-state index contributed by atoms with van der Waals surface area (Å²) in [5, 5.41) is 4.73. The Balaban J connectivity index is 1.84. The van der Waals surface area contributed by atoms with E-state index in [0.717, 1.165) is 36.4 Å². The Hall–Kier alpha value is -1.03. The van der Waals surface area contributed by atoms with Crippen molar-refractivity contribution in [3.8, 4) is 0 Å². The molecule has 0 radical (unpaired) electrons. The quantitative estimate of drug-likeness (QED) is 0.765. The van der Waals surface area contributed by atoms with E-state index < -0.39 is 0 Å². The molecule has 1 saturated heterocycles. The lowest BCUT2D eigenvalue weighted by atomic mass is 9.94. The molecule has 0 saturated carbocycles. The van der Waals surface area contributed by atoms with Crippen molar-refractivity contribution in [3.63, 3.8) is 0 Å². The van der Waals surface area contributed by atoms with Gasteiger partial charge in [0.1, 0.15) is 11.2 Å². The molecule has 3 aliphatic rings. The van der Waals surface area contributed by atoms with Crippen LogP contribution in [-0.4, -0.2) is 23.5 Å². The summed E-state index contributed by atoms with van der Waals surface area (Å²) in [6.07, 6.45) is 7.32. The molecule has 4 heteroatoms. The van der Waals surface area contributed by atoms with Gasteiger partial charge in [-0.25, -0.2) is 0 Å². The normalized spacial score (nSPS) is 26.2. The maximum Gasteiger partial charge on any atom is 0.258 e. The fourth-order valence-corrected chi connectivity index (χ4v) is 4.68. The van der Waals surface area contributed by atoms with Gasteiger partial charge in [0, 0.05) is 11.4 Å². The lowest BCUT2D eigenvalue weighted by molar-refractivity contribution is 0.0740. The zero-order valence-corrected chi connectivity index (χ0v) is 10.6. The molecule has 1 aromatic heterocycles. The minimum atomic E-state index is 0.273. The molecule has 0 spiro atoms. The van der Waals surface area contributed by atoms with Crippen LogP contribution in [-0.2, 0) is 12.8 Å². The van der Waals surface area contributed by atoms with Gasteiger partial charge in [-0.1, -0.05) is 0 Å². The van der Waals surface area contributed by atoms with Gasteiger partial charge in [-0.3, -0.25) is 4.79 Å². The van der Waals surface area contributed by atoms with Crippen LogP contribution in [0.2, 0.25) is 0 Å². The Kier molecular flexibility index (Phi) is 2.04. The number of thiophene rings is 1. The van der Waals surface area contributed by atoms with Crippen molar-refractivity contribution in [2.45, 2.75) is 44.7 Å². The van der Waals surface area contributed by atoms with Gasteiger partial charge in [0.05, 0.1) is 5.56 Å². The first-order valence-electron chi connectivity index (χ1n) is 6.56. The van der Waals surface area contributed by atoms with Crippen molar-refractivity contribution in [1.82, 2.24) is 4.90 Å². The molecule has 4 rings (SSSR count). The first-order chi connectivity index (χ1) is 8.34. The number of hydrogen-bond acceptors (Lipinski definition) is 3. The average molecular weight is 248 g/mol. The first kappa shape index (κ1) is 9.95. The largest absolute Gasteiger partial charge is 0.356 e. The lowest BCUT2D eigenvalue weighted by Crippen LogP contribution is -2.44. The number of anilines is 1. The Morgan fingerprint density at radius 3 is 3.06 bits per heavy atom. The van der Waals surface area contributed by atoms with Crippen LogP contribution in [0.15, 0.2) is 0 Å². The zero-order valence-electron chi connectivity index (χ0n) is 9.79. The number of amides is 1. The van der Waals surface area contributed by atoms with Crippen LogP contribution in [0.3, 0.4) is 0 Å². The van der Waals surface area contributed by atoms with Crippen LogP contribution >= 0.6 is 11.3 Å². The highest BCUT2D eigenvalue weighted by Gasteiger charge is 2.38. The summed E-state index contributed by atoms with van der Waals surface area (Å²) in [6, 6.07) is 0. The van der Waals surface area contributed by atoms with Crippen LogP contribution < -0.4 is 5.32 Å². The number of carbonyl (C=O) groups is 1. The molecule has 3 nitrogen and oxygen atoms in total. The molecular weight excluding hydrogens is 232 g/mol. The molecule has 1 atom stereocenters. The summed E-state index contributed by atoms with van der Waals surface area (Å²) in [4.78, 5) is 16.0. The molecule has 0 bridgehead atoms. The van der Waals surface area contributed by atoms with Gasteiger partial charge in [-0.15, -0.1) is 11.3 Å². The number of nitrogens with zero attached hydrogens (tertiary/aromatic N) is 1. The molecule has 1 fully saturated rings. The molecule has 2 aliphatic heterocycles. The van der Waals surface area contributed by atoms with Crippen LogP contribution in [0.4, 0.5) is 5.00 Å². The second-order valence-corrected chi connectivity index (χ2v) is 6.32. The average Bonchev–Trinajstić information content (AvgIpc) is 2.92. The topological polar surface area (TPSA) is 32.3 Å². The predicted octanol–water partition coefficient (Wildman–Crippen LogP) is 2.61. The van der Waals surface area contributed by atoms with E-state index >= 15 is 0 Å². The van der Waals surface area contributed by atoms with Crippen LogP contribution in [0.25, 0.3) is 0 Å². The standard InChI is InChI=1S/C13H16N2OS/c16-13-11-8-4-1-2-5-9(8)17-12(11)14-10-6-3-7-15(10)13/h10,14H,1-7H2. The third kappa shape index (κ3) is 1.30. The van der Waals surface area contributed by atoms with Crippen LogP contribution in [0.5, 0.6) is 0 Å². The fourth-order valence-electron chi connectivity index (χ4n) is 3.35. The highest BCUT2D eigenvalue weighted by atomic mass is 32.1. The van der Waals surface area contributed by atoms with E-state index in [1.165, 1.54) is 29.7 Å². The maximum atomic E-state index is 12.5. The van der Waals surface area contributed by atoms with E-state index in [1.54, 1.807) is 0 Å². The summed E-state index contributed by atoms with van der Waals surface area (Å²) in [5.74, 6) is 0.292. The lowest BCUT2D eigenvalue weighted by Gasteiger charge is -2.31. The van der Waals surface area contributed by atoms with E-state index in [1.807, 2.05) is 16.2 Å². The van der Waals surface area contributed by atoms with Gasteiger partial charge < -0.3 is 10.2 Å². The van der Waals surface area contributed by atoms with Crippen molar-refractivity contribution >= 4 is 22.2 Å². The third-order valence-electron chi connectivity index (χ3n) is 4.20. The third-order valence-corrected chi connectivity index (χ3v) is 5.42. The van der Waals surface area contributed by atoms with E-state index in [4.69, 9.17) is 0 Å². The SMILES string of the molecule is O=C1c2c(sc3c2CCCC3)NC2CCCN12. The summed E-state index contributed by atoms with van der Waals surface area (Å²) >= 11 is 1.83. The van der Waals surface area contributed by atoms with Crippen molar-refractivity contribution in [2.24, 2.45) is 0 Å². The molecule has 0 aromatic carbocycles. The molecule has 3 heterocycles. The van der Waals surface area contributed by atoms with Gasteiger partial charge in [-0.2, -0.15) is 0 Å². The number of nitrogens with one attached hydrogen (secondary N) is 1. The Morgan fingerprint density at radius 2 is 2.12 bits per heavy atom. The second kappa shape index (κ2) is 3.48. The van der Waals surface area contributed by atoms with Gasteiger partial charge in [-0.05, 0) is 44.1 Å². The number of hydrogen-bond donors (Lipinski definition) is 1. The van der Waals surface area contributed by atoms with Crippen molar-refractivity contribution < 1.29 is 4.79 Å². The minimum absolute atomic E-state index is 0.273. The Labute approximate surface area is 105 Å². The van der Waals surface area contributed by atoms with Crippen molar-refractivity contribution in [1.29, 1.82) is 0 Å². The monoisotopic (exact) mass is 248 g/mol. The molecule has 90 valence electrons. The molecule has 1 amide bonds. The van der Waals surface area contributed by atoms with Crippen molar-refractivity contribution in [2.75, 3.05) is 11.9 Å². The smallest absolute Gasteiger partial charge is 0.258 e. The predicted molar refractivity (Wildman–Crippen MR) is 68.6 cm³/mol. The van der Waals surface area contributed by atoms with E-state index in [-0.39, 0.29) is 6.17 Å². The maximum absolute atomic E-state index is 12.5. The van der Waals surface area contributed by atoms with Crippen LogP contribution in [0, 0.1) is 0 Å². The Bertz CT molecular complexity index is 494.